The van der Waals surface area contributed by atoms with E-state index in [1.165, 1.54) is 27.9 Å². The normalized spacial score (nSPS) is 12.4. The van der Waals surface area contributed by atoms with Crippen LogP contribution in [0.5, 0.6) is 0 Å². The van der Waals surface area contributed by atoms with Gasteiger partial charge in [-0.25, -0.2) is 19.9 Å². The average Bonchev–Trinajstić information content (AvgIpc) is 1.62. The third kappa shape index (κ3) is 23.1. The van der Waals surface area contributed by atoms with Gasteiger partial charge in [-0.2, -0.15) is 0 Å². The monoisotopic (exact) mass is 1490 g/mol. The van der Waals surface area contributed by atoms with Gasteiger partial charge in [0.25, 0.3) is 0 Å². The van der Waals surface area contributed by atoms with E-state index in [1.54, 1.807) is 67.0 Å². The number of nitrogens with two attached hydrogens (primary N) is 2. The van der Waals surface area contributed by atoms with Gasteiger partial charge in [0.15, 0.2) is 5.78 Å². The molecule has 7 aromatic carbocycles. The summed E-state index contributed by atoms with van der Waals surface area (Å²) in [7, 11) is -1.34. The highest BCUT2D eigenvalue weighted by Crippen LogP contribution is 2.30. The van der Waals surface area contributed by atoms with Gasteiger partial charge in [-0.15, -0.1) is 0 Å². The third-order valence-corrected chi connectivity index (χ3v) is 16.7. The standard InChI is InChI=1S/C24H22ClN3O.C19H13ClN2.C11H10N2.C8H6BrClO.C6H7BO2.C5H5BrN2.C4H9NO/c25-21-9-6-19(7-10-21)24-22(17-27-12-14-29-15-13-27)28-16-20(8-11-23(28)26-24)18-4-2-1-3-5-18;20-17-9-6-15(7-10-17)18-13-22-12-16(8-11-19(22)21-18)14-4-2-1-3-5-14;12-11-7-6-10(8-13-11)9-4-2-1-3-5-9;9-5-8(11)6-1-3-7(10)4-2-6;8-7(9)6-4-2-1-3-5-6;6-4-1-2-5(7)8-3-4;1-3-6-4-2-5-1/h1-11,16H,12-15,17H2;1-13H;1-8H,(H2,12,13);1-4H,5H2;1-5,8-9H;1-3H,(H2,7,8);5H,1-4H2. The topological polar surface area (TPSA) is 204 Å². The maximum atomic E-state index is 11.0. The lowest BCUT2D eigenvalue weighted by Gasteiger charge is -2.26. The average molecular weight is 1490 g/mol. The number of morpholine rings is 2. The molecule has 498 valence electrons. The number of aromatic nitrogens is 6. The molecule has 15 rings (SSSR count). The van der Waals surface area contributed by atoms with Gasteiger partial charge in [-0.1, -0.05) is 196 Å². The number of Topliss-reactive ketones (excluding diaryl/α,β-unsaturated/α-hetero) is 1. The number of ketones is 1. The van der Waals surface area contributed by atoms with Crippen LogP contribution in [0.25, 0.3) is 67.2 Å². The molecule has 0 aliphatic carbocycles. The largest absolute Gasteiger partial charge is 0.488 e. The van der Waals surface area contributed by atoms with Crippen LogP contribution in [-0.2, 0) is 16.0 Å². The molecule has 8 heterocycles. The fourth-order valence-electron chi connectivity index (χ4n) is 9.86. The molecule has 0 saturated carbocycles. The third-order valence-electron chi connectivity index (χ3n) is 15.0. The zero-order valence-corrected chi connectivity index (χ0v) is 58.9. The van der Waals surface area contributed by atoms with Gasteiger partial charge in [0.1, 0.15) is 22.9 Å². The summed E-state index contributed by atoms with van der Waals surface area (Å²) >= 11 is 24.0. The summed E-state index contributed by atoms with van der Waals surface area (Å²) in [5.74, 6) is 1.18. The van der Waals surface area contributed by atoms with E-state index in [1.807, 2.05) is 140 Å². The van der Waals surface area contributed by atoms with Gasteiger partial charge in [0.2, 0.25) is 0 Å². The molecule has 0 atom stereocenters. The van der Waals surface area contributed by atoms with Crippen LogP contribution in [0.1, 0.15) is 16.1 Å². The van der Waals surface area contributed by atoms with Crippen molar-refractivity contribution >= 4 is 108 Å². The summed E-state index contributed by atoms with van der Waals surface area (Å²) in [5, 5.41) is 22.8. The highest BCUT2D eigenvalue weighted by Gasteiger charge is 2.20. The Morgan fingerprint density at radius 1 is 0.500 bits per heavy atom. The number of nitrogens with zero attached hydrogens (tertiary/aromatic N) is 7. The quantitative estimate of drug-likeness (QED) is 0.0492. The zero-order valence-electron chi connectivity index (χ0n) is 53.4. The van der Waals surface area contributed by atoms with E-state index in [0.29, 0.717) is 33.0 Å². The summed E-state index contributed by atoms with van der Waals surface area (Å²) < 4.78 is 15.8. The number of ether oxygens (including phenoxy) is 2. The van der Waals surface area contributed by atoms with Crippen molar-refractivity contribution < 1.29 is 24.3 Å². The van der Waals surface area contributed by atoms with Gasteiger partial charge in [-0.05, 0) is 146 Å². The molecule has 0 amide bonds. The van der Waals surface area contributed by atoms with E-state index in [2.05, 4.69) is 133 Å². The number of carbonyl (C=O) groups is 1. The number of benzene rings is 7. The summed E-state index contributed by atoms with van der Waals surface area (Å²) in [4.78, 5) is 31.0. The molecule has 2 aliphatic rings. The highest BCUT2D eigenvalue weighted by atomic mass is 79.9. The molecule has 21 heteroatoms. The van der Waals surface area contributed by atoms with E-state index < -0.39 is 7.12 Å². The lowest BCUT2D eigenvalue weighted by molar-refractivity contribution is 0.0336. The van der Waals surface area contributed by atoms with Crippen molar-refractivity contribution in [1.29, 1.82) is 0 Å². The van der Waals surface area contributed by atoms with Crippen molar-refractivity contribution in [1.82, 2.24) is 39.0 Å². The minimum Gasteiger partial charge on any atom is -0.423 e. The second-order valence-electron chi connectivity index (χ2n) is 21.9. The second-order valence-corrected chi connectivity index (χ2v) is 24.7. The summed E-state index contributed by atoms with van der Waals surface area (Å²) in [6.45, 7) is 8.10. The molecular formula is C77H72BBr2Cl3N10O5. The Kier molecular flexibility index (Phi) is 29.1. The molecule has 0 bridgehead atoms. The van der Waals surface area contributed by atoms with Crippen molar-refractivity contribution in [2.75, 3.05) is 69.4 Å². The first kappa shape index (κ1) is 73.4. The molecule has 2 fully saturated rings. The first-order chi connectivity index (χ1) is 47.8. The predicted molar refractivity (Wildman–Crippen MR) is 408 cm³/mol. The Balaban J connectivity index is 0.000000143. The maximum absolute atomic E-state index is 11.0. The Hall–Kier alpha value is -8.86. The van der Waals surface area contributed by atoms with Crippen LogP contribution in [-0.4, -0.2) is 115 Å². The van der Waals surface area contributed by atoms with E-state index in [0.717, 1.165) is 119 Å². The Labute approximate surface area is 603 Å². The minimum absolute atomic E-state index is 0.0710. The lowest BCUT2D eigenvalue weighted by atomic mass is 9.81. The van der Waals surface area contributed by atoms with Gasteiger partial charge in [-0.3, -0.25) is 9.69 Å². The van der Waals surface area contributed by atoms with E-state index in [4.69, 9.17) is 70.8 Å². The Morgan fingerprint density at radius 2 is 0.969 bits per heavy atom. The first-order valence-electron chi connectivity index (χ1n) is 31.4. The van der Waals surface area contributed by atoms with Gasteiger partial charge < -0.3 is 45.1 Å². The van der Waals surface area contributed by atoms with Crippen LogP contribution in [0, 0.1) is 0 Å². The molecule has 98 heavy (non-hydrogen) atoms. The summed E-state index contributed by atoms with van der Waals surface area (Å²) in [6, 6.07) is 77.8. The van der Waals surface area contributed by atoms with Gasteiger partial charge >= 0.3 is 7.12 Å². The lowest BCUT2D eigenvalue weighted by Crippen LogP contribution is -2.36. The van der Waals surface area contributed by atoms with Crippen LogP contribution >= 0.6 is 66.7 Å². The van der Waals surface area contributed by atoms with Gasteiger partial charge in [0, 0.05) is 106 Å². The molecule has 2 aliphatic heterocycles. The highest BCUT2D eigenvalue weighted by molar-refractivity contribution is 9.10. The molecular weight excluding hydrogens is 1420 g/mol. The molecule has 0 unspecified atom stereocenters. The number of halogens is 5. The number of anilines is 2. The number of imidazole rings is 2. The van der Waals surface area contributed by atoms with E-state index in [9.17, 15) is 4.79 Å². The van der Waals surface area contributed by atoms with Crippen LogP contribution in [0.3, 0.4) is 0 Å². The van der Waals surface area contributed by atoms with Crippen molar-refractivity contribution in [2.24, 2.45) is 0 Å². The van der Waals surface area contributed by atoms with Crippen LogP contribution in [0.4, 0.5) is 11.6 Å². The molecule has 6 aromatic heterocycles. The predicted octanol–water partition coefficient (Wildman–Crippen LogP) is 16.1. The number of carbonyl (C=O) groups excluding carboxylic acids is 1. The molecule has 7 N–H and O–H groups in total. The van der Waals surface area contributed by atoms with Crippen LogP contribution in [0.15, 0.2) is 278 Å². The summed E-state index contributed by atoms with van der Waals surface area (Å²) in [5.41, 5.74) is 26.2. The zero-order chi connectivity index (χ0) is 68.9. The van der Waals surface area contributed by atoms with Crippen molar-refractivity contribution in [2.45, 2.75) is 6.54 Å². The number of rotatable bonds is 10. The second kappa shape index (κ2) is 38.9. The number of nitrogen functional groups attached to an aromatic ring is 2. The number of fused-ring (bicyclic) bond motifs is 2. The van der Waals surface area contributed by atoms with E-state index in [-0.39, 0.29) is 5.78 Å². The van der Waals surface area contributed by atoms with Crippen LogP contribution < -0.4 is 22.2 Å². The fraction of sp³-hybridized carbons (Fsp3) is 0.130. The molecule has 0 radical (unpaired) electrons. The molecule has 13 aromatic rings. The van der Waals surface area contributed by atoms with Crippen LogP contribution in [0.2, 0.25) is 15.1 Å². The number of alkyl halides is 1. The van der Waals surface area contributed by atoms with Gasteiger partial charge in [0.05, 0.1) is 48.8 Å². The number of hydrogen-bond donors (Lipinski definition) is 5. The number of hydrogen-bond acceptors (Lipinski definition) is 13. The van der Waals surface area contributed by atoms with E-state index >= 15 is 0 Å². The Bertz CT molecular complexity index is 4460. The molecule has 0 spiro atoms. The number of nitrogens with one attached hydrogen (secondary N) is 1. The minimum atomic E-state index is -1.34. The molecule has 15 nitrogen and oxygen atoms in total. The number of pyridine rings is 4. The van der Waals surface area contributed by atoms with Crippen molar-refractivity contribution in [3.05, 3.63) is 304 Å². The Morgan fingerprint density at radius 3 is 1.44 bits per heavy atom. The van der Waals surface area contributed by atoms with Crippen molar-refractivity contribution in [3.63, 3.8) is 0 Å². The smallest absolute Gasteiger partial charge is 0.423 e. The fourth-order valence-corrected chi connectivity index (χ4v) is 10.8. The molecule has 2 saturated heterocycles. The maximum Gasteiger partial charge on any atom is 0.488 e. The SMILES string of the molecule is C1COCCN1.Clc1ccc(-c2cn3cc(-c4ccccc4)ccc3n2)cc1.Clc1ccc(-c2nc3ccc(-c4ccccc4)cn3c2CN2CCOCC2)cc1.Nc1ccc(-c2ccccc2)cn1.Nc1ccc(Br)cn1.O=C(CBr)c1ccc(Cl)cc1.OB(O)c1ccccc1. The van der Waals surface area contributed by atoms with Crippen molar-refractivity contribution in [3.8, 4) is 55.9 Å². The first-order valence-corrected chi connectivity index (χ1v) is 34.4. The summed E-state index contributed by atoms with van der Waals surface area (Å²) in [6.07, 6.45) is 9.80.